The number of benzene rings is 6. The van der Waals surface area contributed by atoms with Gasteiger partial charge >= 0.3 is 0 Å². The van der Waals surface area contributed by atoms with Gasteiger partial charge in [-0.2, -0.15) is 24.3 Å². The Labute approximate surface area is 307 Å². The third-order valence-electron chi connectivity index (χ3n) is 8.72. The van der Waals surface area contributed by atoms with E-state index in [9.17, 15) is 0 Å². The first-order valence-corrected chi connectivity index (χ1v) is 16.5. The number of nitrogens with zero attached hydrogens (tertiary/aromatic N) is 4. The van der Waals surface area contributed by atoms with Gasteiger partial charge in [0.15, 0.2) is 17.4 Å². The zero-order valence-electron chi connectivity index (χ0n) is 29.0. The van der Waals surface area contributed by atoms with Crippen LogP contribution in [0, 0.1) is 12.1 Å². The van der Waals surface area contributed by atoms with Crippen LogP contribution in [0.1, 0.15) is 4.11 Å². The number of imidazole rings is 1. The summed E-state index contributed by atoms with van der Waals surface area (Å²) >= 11 is 1.57. The number of hydrogen-bond donors (Lipinski definition) is 0. The van der Waals surface area contributed by atoms with Crippen molar-refractivity contribution < 1.29 is 25.2 Å². The average molecular weight is 832 g/mol. The van der Waals surface area contributed by atoms with E-state index in [1.165, 1.54) is 15.7 Å². The molecule has 0 radical (unpaired) electrons. The van der Waals surface area contributed by atoms with Crippen LogP contribution >= 0.6 is 11.8 Å². The van der Waals surface area contributed by atoms with Crippen molar-refractivity contribution in [2.24, 2.45) is 6.98 Å². The van der Waals surface area contributed by atoms with Crippen LogP contribution in [0.15, 0.2) is 168 Å². The zero-order chi connectivity index (χ0) is 34.5. The molecule has 0 saturated carbocycles. The van der Waals surface area contributed by atoms with Crippen LogP contribution in [-0.2, 0) is 28.0 Å². The largest absolute Gasteiger partial charge is 0.319 e. The summed E-state index contributed by atoms with van der Waals surface area (Å²) in [7, 11) is 0. The van der Waals surface area contributed by atoms with E-state index < -0.39 is 6.98 Å². The van der Waals surface area contributed by atoms with Crippen molar-refractivity contribution in [1.29, 1.82) is 0 Å². The van der Waals surface area contributed by atoms with Crippen LogP contribution in [0.2, 0.25) is 0 Å². The van der Waals surface area contributed by atoms with Crippen LogP contribution in [0.25, 0.3) is 66.6 Å². The zero-order valence-corrected chi connectivity index (χ0v) is 29.1. The standard InChI is InChI=1S/C43H29N4S.Pt/c1-45-29-46(41-21-10-9-20-40(41)45)32-14-11-15-33(27-32)48-34-22-23-38-37-18-7-8-19-39(37)47(42(38)28-34)43-26-31(24-25-44-43)36-17-6-5-16-35(36)30-12-3-2-4-13-30;/h2-26,29H,1H3;/q-1;/i1D3;. The Bertz CT molecular complexity index is 2740. The number of rotatable bonds is 6. The van der Waals surface area contributed by atoms with Crippen LogP contribution < -0.4 is 0 Å². The number of aryl methyl sites for hydroxylation is 1. The molecule has 0 fully saturated rings. The van der Waals surface area contributed by atoms with E-state index in [1.807, 2.05) is 59.3 Å². The molecule has 238 valence electrons. The summed E-state index contributed by atoms with van der Waals surface area (Å²) < 4.78 is 29.6. The third kappa shape index (κ3) is 5.59. The van der Waals surface area contributed by atoms with E-state index in [2.05, 4.69) is 114 Å². The molecule has 3 aromatic heterocycles. The minimum absolute atomic E-state index is 0. The van der Waals surface area contributed by atoms with Gasteiger partial charge in [0.05, 0.1) is 0 Å². The fraction of sp³-hybridized carbons (Fsp3) is 0.0233. The van der Waals surface area contributed by atoms with Crippen molar-refractivity contribution in [2.45, 2.75) is 9.79 Å². The van der Waals surface area contributed by atoms with Gasteiger partial charge in [-0.25, -0.2) is 14.1 Å². The number of pyridine rings is 1. The molecule has 0 atom stereocenters. The topological polar surface area (TPSA) is 27.7 Å². The van der Waals surface area contributed by atoms with E-state index in [0.717, 1.165) is 59.7 Å². The second-order valence-electron chi connectivity index (χ2n) is 11.6. The quantitative estimate of drug-likeness (QED) is 0.156. The van der Waals surface area contributed by atoms with Crippen molar-refractivity contribution in [1.82, 2.24) is 18.7 Å². The SMILES string of the molecule is [2H]C([2H])([2H])n1[cH+]n(-c2[c-]c(Sc3[c-]c4c(cc3)c3ccccc3n4-c3cc(-c4ccccc4-c4ccccc4)ccn3)ccc2)c2ccccc21.[Pt]. The van der Waals surface area contributed by atoms with Crippen LogP contribution in [0.4, 0.5) is 0 Å². The van der Waals surface area contributed by atoms with E-state index >= 15 is 0 Å². The molecule has 0 aliphatic carbocycles. The average Bonchev–Trinajstić information content (AvgIpc) is 3.72. The van der Waals surface area contributed by atoms with Gasteiger partial charge < -0.3 is 4.57 Å². The summed E-state index contributed by atoms with van der Waals surface area (Å²) in [6, 6.07) is 56.5. The van der Waals surface area contributed by atoms with Crippen molar-refractivity contribution in [3.63, 3.8) is 0 Å². The Morgan fingerprint density at radius 3 is 2.18 bits per heavy atom. The van der Waals surface area contributed by atoms with Gasteiger partial charge in [0, 0.05) is 61.7 Å². The monoisotopic (exact) mass is 831 g/mol. The predicted octanol–water partition coefficient (Wildman–Crippen LogP) is 10.8. The molecule has 3 heterocycles. The number of fused-ring (bicyclic) bond motifs is 4. The number of hydrogen-bond acceptors (Lipinski definition) is 2. The Balaban J connectivity index is 0.00000387. The maximum absolute atomic E-state index is 8.07. The molecule has 9 aromatic rings. The van der Waals surface area contributed by atoms with Gasteiger partial charge in [-0.3, -0.25) is 0 Å². The fourth-order valence-electron chi connectivity index (χ4n) is 6.54. The predicted molar refractivity (Wildman–Crippen MR) is 198 cm³/mol. The molecule has 49 heavy (non-hydrogen) atoms. The maximum atomic E-state index is 8.07. The van der Waals surface area contributed by atoms with E-state index in [4.69, 9.17) is 9.10 Å². The first-order chi connectivity index (χ1) is 24.9. The summed E-state index contributed by atoms with van der Waals surface area (Å²) in [5, 5.41) is 2.23. The summed E-state index contributed by atoms with van der Waals surface area (Å²) in [5.41, 5.74) is 8.75. The molecule has 0 unspecified atom stereocenters. The van der Waals surface area contributed by atoms with Crippen molar-refractivity contribution >= 4 is 44.6 Å². The molecule has 0 saturated heterocycles. The molecule has 0 bridgehead atoms. The van der Waals surface area contributed by atoms with Gasteiger partial charge in [-0.1, -0.05) is 89.3 Å². The molecule has 6 aromatic carbocycles. The van der Waals surface area contributed by atoms with Crippen molar-refractivity contribution in [2.75, 3.05) is 0 Å². The van der Waals surface area contributed by atoms with Gasteiger partial charge in [0.2, 0.25) is 0 Å². The summed E-state index contributed by atoms with van der Waals surface area (Å²) in [6.07, 6.45) is 3.51. The normalized spacial score (nSPS) is 12.4. The second kappa shape index (κ2) is 13.0. The third-order valence-corrected chi connectivity index (χ3v) is 9.63. The summed E-state index contributed by atoms with van der Waals surface area (Å²) in [4.78, 5) is 6.72. The fourth-order valence-corrected chi connectivity index (χ4v) is 7.37. The molecule has 0 aliphatic heterocycles. The molecule has 4 nitrogen and oxygen atoms in total. The first kappa shape index (κ1) is 27.7. The Morgan fingerprint density at radius 1 is 0.633 bits per heavy atom. The first-order valence-electron chi connectivity index (χ1n) is 17.2. The Kier molecular flexibility index (Phi) is 7.35. The Hall–Kier alpha value is -5.22. The minimum atomic E-state index is -2.31. The van der Waals surface area contributed by atoms with Gasteiger partial charge in [-0.15, -0.1) is 34.2 Å². The van der Waals surface area contributed by atoms with Crippen molar-refractivity contribution in [3.8, 4) is 33.8 Å². The maximum Gasteiger partial charge on any atom is 0.188 e. The number of para-hydroxylation sites is 3. The van der Waals surface area contributed by atoms with E-state index in [-0.39, 0.29) is 21.1 Å². The Morgan fingerprint density at radius 2 is 1.35 bits per heavy atom. The van der Waals surface area contributed by atoms with Crippen LogP contribution in [0.5, 0.6) is 0 Å². The van der Waals surface area contributed by atoms with Crippen LogP contribution in [-0.4, -0.2) is 18.7 Å². The molecule has 0 aliphatic rings. The second-order valence-corrected chi connectivity index (χ2v) is 12.7. The molecular formula is C43H29N4PtS-. The van der Waals surface area contributed by atoms with Gasteiger partial charge in [0.1, 0.15) is 5.82 Å². The molecular weight excluding hydrogens is 800 g/mol. The van der Waals surface area contributed by atoms with Gasteiger partial charge in [-0.05, 0) is 58.0 Å². The summed E-state index contributed by atoms with van der Waals surface area (Å²) in [5.74, 6) is 0.815. The number of aromatic nitrogens is 4. The molecule has 0 spiro atoms. The summed E-state index contributed by atoms with van der Waals surface area (Å²) in [6.45, 7) is -2.31. The molecule has 9 rings (SSSR count). The van der Waals surface area contributed by atoms with Crippen LogP contribution in [0.3, 0.4) is 0 Å². The molecule has 0 N–H and O–H groups in total. The molecule has 0 amide bonds. The van der Waals surface area contributed by atoms with E-state index in [0.29, 0.717) is 5.52 Å². The van der Waals surface area contributed by atoms with Gasteiger partial charge in [0.25, 0.3) is 0 Å². The molecule has 6 heteroatoms. The van der Waals surface area contributed by atoms with Crippen molar-refractivity contribution in [3.05, 3.63) is 170 Å². The smallest absolute Gasteiger partial charge is 0.188 e. The minimum Gasteiger partial charge on any atom is -0.319 e. The van der Waals surface area contributed by atoms with E-state index in [1.54, 1.807) is 18.1 Å².